The van der Waals surface area contributed by atoms with Crippen molar-refractivity contribution in [3.05, 3.63) is 11.9 Å². The van der Waals surface area contributed by atoms with Crippen molar-refractivity contribution in [1.82, 2.24) is 24.8 Å². The first-order valence-corrected chi connectivity index (χ1v) is 7.78. The highest BCUT2D eigenvalue weighted by molar-refractivity contribution is 5.91. The zero-order valence-electron chi connectivity index (χ0n) is 13.5. The van der Waals surface area contributed by atoms with Crippen molar-refractivity contribution >= 4 is 5.91 Å². The van der Waals surface area contributed by atoms with Crippen molar-refractivity contribution in [3.8, 4) is 0 Å². The van der Waals surface area contributed by atoms with E-state index in [1.807, 2.05) is 11.8 Å². The van der Waals surface area contributed by atoms with Gasteiger partial charge < -0.3 is 15.5 Å². The number of hydrogen-bond acceptors (Lipinski definition) is 5. The van der Waals surface area contributed by atoms with Gasteiger partial charge in [-0.05, 0) is 33.0 Å². The first kappa shape index (κ1) is 17.6. The van der Waals surface area contributed by atoms with Crippen molar-refractivity contribution in [2.24, 2.45) is 5.73 Å². The summed E-state index contributed by atoms with van der Waals surface area (Å²) in [6, 6.07) is 0. The summed E-state index contributed by atoms with van der Waals surface area (Å²) < 4.78 is 1.61. The van der Waals surface area contributed by atoms with E-state index < -0.39 is 0 Å². The third kappa shape index (κ3) is 5.43. The fraction of sp³-hybridized carbons (Fsp3) is 0.786. The average Bonchev–Trinajstić information content (AvgIpc) is 2.96. The average molecular weight is 296 g/mol. The maximum absolute atomic E-state index is 12.4. The van der Waals surface area contributed by atoms with Crippen molar-refractivity contribution in [1.29, 1.82) is 0 Å². The molecule has 0 aliphatic rings. The predicted molar refractivity (Wildman–Crippen MR) is 83.1 cm³/mol. The van der Waals surface area contributed by atoms with Crippen LogP contribution in [-0.4, -0.2) is 70.0 Å². The molecule has 0 aromatic carbocycles. The van der Waals surface area contributed by atoms with Crippen LogP contribution >= 0.6 is 0 Å². The Kier molecular flexibility index (Phi) is 7.92. The van der Waals surface area contributed by atoms with Crippen LogP contribution in [0.15, 0.2) is 6.20 Å². The second-order valence-electron chi connectivity index (χ2n) is 4.92. The Labute approximate surface area is 127 Å². The monoisotopic (exact) mass is 296 g/mol. The van der Waals surface area contributed by atoms with E-state index in [4.69, 9.17) is 5.73 Å². The van der Waals surface area contributed by atoms with E-state index in [1.165, 1.54) is 0 Å². The highest BCUT2D eigenvalue weighted by Gasteiger charge is 2.17. The Balaban J connectivity index is 2.51. The summed E-state index contributed by atoms with van der Waals surface area (Å²) in [5.74, 6) is -0.0553. The van der Waals surface area contributed by atoms with Crippen LogP contribution in [-0.2, 0) is 6.54 Å². The molecule has 1 heterocycles. The fourth-order valence-corrected chi connectivity index (χ4v) is 2.23. The second-order valence-corrected chi connectivity index (χ2v) is 4.92. The Morgan fingerprint density at radius 1 is 1.24 bits per heavy atom. The Morgan fingerprint density at radius 3 is 2.52 bits per heavy atom. The molecule has 120 valence electrons. The first-order chi connectivity index (χ1) is 10.2. The van der Waals surface area contributed by atoms with E-state index in [0.717, 1.165) is 32.6 Å². The molecule has 7 heteroatoms. The number of nitrogens with two attached hydrogens (primary N) is 1. The van der Waals surface area contributed by atoms with Crippen LogP contribution < -0.4 is 5.73 Å². The predicted octanol–water partition coefficient (Wildman–Crippen LogP) is 0.431. The minimum Gasteiger partial charge on any atom is -0.337 e. The maximum Gasteiger partial charge on any atom is 0.276 e. The lowest BCUT2D eigenvalue weighted by atomic mass is 10.3. The molecule has 0 aliphatic carbocycles. The van der Waals surface area contributed by atoms with Crippen molar-refractivity contribution < 1.29 is 4.79 Å². The van der Waals surface area contributed by atoms with Crippen molar-refractivity contribution in [2.75, 3.05) is 39.3 Å². The van der Waals surface area contributed by atoms with E-state index in [2.05, 4.69) is 29.1 Å². The minimum absolute atomic E-state index is 0.0553. The lowest BCUT2D eigenvalue weighted by molar-refractivity contribution is 0.0751. The highest BCUT2D eigenvalue weighted by Crippen LogP contribution is 2.03. The molecule has 21 heavy (non-hydrogen) atoms. The van der Waals surface area contributed by atoms with Crippen LogP contribution in [0.4, 0.5) is 0 Å². The van der Waals surface area contributed by atoms with Crippen molar-refractivity contribution in [2.45, 2.75) is 33.7 Å². The summed E-state index contributed by atoms with van der Waals surface area (Å²) in [5.41, 5.74) is 5.86. The van der Waals surface area contributed by atoms with Gasteiger partial charge in [0.05, 0.1) is 12.7 Å². The van der Waals surface area contributed by atoms with Gasteiger partial charge in [-0.2, -0.15) is 0 Å². The highest BCUT2D eigenvalue weighted by atomic mass is 16.2. The fourth-order valence-electron chi connectivity index (χ4n) is 2.23. The smallest absolute Gasteiger partial charge is 0.276 e. The van der Waals surface area contributed by atoms with Gasteiger partial charge in [-0.25, -0.2) is 0 Å². The molecule has 7 nitrogen and oxygen atoms in total. The van der Waals surface area contributed by atoms with E-state index in [1.54, 1.807) is 10.9 Å². The van der Waals surface area contributed by atoms with Gasteiger partial charge in [0.1, 0.15) is 0 Å². The maximum atomic E-state index is 12.4. The SMILES string of the molecule is CCN(CC)CCCN(CC)C(=O)c1cn(CCN)nn1. The van der Waals surface area contributed by atoms with Crippen LogP contribution in [0.2, 0.25) is 0 Å². The van der Waals surface area contributed by atoms with Crippen LogP contribution in [0.3, 0.4) is 0 Å². The van der Waals surface area contributed by atoms with Gasteiger partial charge in [0.15, 0.2) is 5.69 Å². The van der Waals surface area contributed by atoms with E-state index in [0.29, 0.717) is 25.3 Å². The van der Waals surface area contributed by atoms with Crippen LogP contribution in [0.5, 0.6) is 0 Å². The van der Waals surface area contributed by atoms with Crippen LogP contribution in [0, 0.1) is 0 Å². The summed E-state index contributed by atoms with van der Waals surface area (Å²) in [4.78, 5) is 16.6. The topological polar surface area (TPSA) is 80.3 Å². The molecule has 1 aromatic heterocycles. The summed E-state index contributed by atoms with van der Waals surface area (Å²) >= 11 is 0. The van der Waals surface area contributed by atoms with Gasteiger partial charge in [0.25, 0.3) is 5.91 Å². The number of carbonyl (C=O) groups is 1. The standard InChI is InChI=1S/C14H28N6O/c1-4-18(5-2)9-7-10-19(6-3)14(21)13-12-20(11-8-15)17-16-13/h12H,4-11,15H2,1-3H3. The van der Waals surface area contributed by atoms with Gasteiger partial charge in [0.2, 0.25) is 0 Å². The Morgan fingerprint density at radius 2 is 1.95 bits per heavy atom. The number of carbonyl (C=O) groups excluding carboxylic acids is 1. The van der Waals surface area contributed by atoms with Gasteiger partial charge in [0, 0.05) is 19.6 Å². The third-order valence-electron chi connectivity index (χ3n) is 3.58. The second kappa shape index (κ2) is 9.46. The van der Waals surface area contributed by atoms with Crippen LogP contribution in [0.1, 0.15) is 37.7 Å². The number of nitrogens with zero attached hydrogens (tertiary/aromatic N) is 5. The number of amides is 1. The molecule has 0 fully saturated rings. The number of aromatic nitrogens is 3. The largest absolute Gasteiger partial charge is 0.337 e. The quantitative estimate of drug-likeness (QED) is 0.677. The van der Waals surface area contributed by atoms with Gasteiger partial charge in [-0.3, -0.25) is 9.48 Å². The summed E-state index contributed by atoms with van der Waals surface area (Å²) in [6.45, 7) is 11.9. The molecule has 0 spiro atoms. The molecule has 0 radical (unpaired) electrons. The molecule has 0 bridgehead atoms. The lowest BCUT2D eigenvalue weighted by Crippen LogP contribution is -2.34. The summed E-state index contributed by atoms with van der Waals surface area (Å²) in [5, 5.41) is 7.84. The van der Waals surface area contributed by atoms with Gasteiger partial charge >= 0.3 is 0 Å². The van der Waals surface area contributed by atoms with E-state index in [9.17, 15) is 4.79 Å². The first-order valence-electron chi connectivity index (χ1n) is 7.78. The molecule has 0 unspecified atom stereocenters. The number of hydrogen-bond donors (Lipinski definition) is 1. The zero-order valence-corrected chi connectivity index (χ0v) is 13.5. The normalized spacial score (nSPS) is 11.1. The molecule has 0 saturated carbocycles. The van der Waals surface area contributed by atoms with E-state index >= 15 is 0 Å². The molecule has 2 N–H and O–H groups in total. The molecule has 1 amide bonds. The molecule has 0 aliphatic heterocycles. The molecule has 0 saturated heterocycles. The van der Waals surface area contributed by atoms with Crippen LogP contribution in [0.25, 0.3) is 0 Å². The summed E-state index contributed by atoms with van der Waals surface area (Å²) in [7, 11) is 0. The Bertz CT molecular complexity index is 415. The Hall–Kier alpha value is -1.47. The number of rotatable bonds is 10. The molecule has 1 aromatic rings. The zero-order chi connectivity index (χ0) is 15.7. The van der Waals surface area contributed by atoms with E-state index in [-0.39, 0.29) is 5.91 Å². The van der Waals surface area contributed by atoms with Gasteiger partial charge in [-0.1, -0.05) is 19.1 Å². The molecule has 0 atom stereocenters. The molecule has 1 rings (SSSR count). The third-order valence-corrected chi connectivity index (χ3v) is 3.58. The lowest BCUT2D eigenvalue weighted by Gasteiger charge is -2.22. The van der Waals surface area contributed by atoms with Crippen molar-refractivity contribution in [3.63, 3.8) is 0 Å². The van der Waals surface area contributed by atoms with Gasteiger partial charge in [-0.15, -0.1) is 5.10 Å². The molecular formula is C14H28N6O. The molecular weight excluding hydrogens is 268 g/mol. The summed E-state index contributed by atoms with van der Waals surface area (Å²) in [6.07, 6.45) is 2.64. The minimum atomic E-state index is -0.0553.